The van der Waals surface area contributed by atoms with Crippen LogP contribution in [-0.2, 0) is 10.8 Å². The third-order valence-electron chi connectivity index (χ3n) is 2.61. The Morgan fingerprint density at radius 2 is 2.27 bits per heavy atom. The van der Waals surface area contributed by atoms with Gasteiger partial charge in [-0.3, -0.25) is 9.19 Å². The third kappa shape index (κ3) is 2.17. The molecule has 1 saturated heterocycles. The third-order valence-corrected chi connectivity index (χ3v) is 4.52. The molecule has 0 amide bonds. The van der Waals surface area contributed by atoms with Crippen molar-refractivity contribution >= 4 is 16.6 Å². The van der Waals surface area contributed by atoms with E-state index in [9.17, 15) is 4.21 Å². The Morgan fingerprint density at radius 1 is 1.47 bits per heavy atom. The first-order valence-electron chi connectivity index (χ1n) is 4.99. The van der Waals surface area contributed by atoms with Gasteiger partial charge in [-0.05, 0) is 13.8 Å². The van der Waals surface area contributed by atoms with Gasteiger partial charge in [0.15, 0.2) is 0 Å². The molecule has 1 fully saturated rings. The van der Waals surface area contributed by atoms with E-state index in [0.29, 0.717) is 5.75 Å². The molecule has 0 unspecified atom stereocenters. The Balaban J connectivity index is 2.17. The van der Waals surface area contributed by atoms with Crippen LogP contribution in [0.3, 0.4) is 0 Å². The number of hydrogen-bond donors (Lipinski definition) is 0. The maximum Gasteiger partial charge on any atom is 0.147 e. The molecule has 2 rings (SSSR count). The molecule has 0 spiro atoms. The number of nitrogens with zero attached hydrogens (tertiary/aromatic N) is 3. The van der Waals surface area contributed by atoms with Gasteiger partial charge in [-0.15, -0.1) is 0 Å². The number of anilines is 1. The van der Waals surface area contributed by atoms with Gasteiger partial charge in [-0.25, -0.2) is 4.98 Å². The topological polar surface area (TPSA) is 46.1 Å². The quantitative estimate of drug-likeness (QED) is 0.710. The lowest BCUT2D eigenvalue weighted by atomic mass is 10.2. The molecule has 82 valence electrons. The van der Waals surface area contributed by atoms with E-state index in [1.807, 2.05) is 13.8 Å². The van der Waals surface area contributed by atoms with Crippen molar-refractivity contribution in [2.45, 2.75) is 18.6 Å². The molecule has 1 aliphatic heterocycles. The van der Waals surface area contributed by atoms with Crippen molar-refractivity contribution in [3.8, 4) is 0 Å². The summed E-state index contributed by atoms with van der Waals surface area (Å²) in [6.07, 6.45) is 5.11. The van der Waals surface area contributed by atoms with Crippen molar-refractivity contribution in [3.05, 3.63) is 18.6 Å². The van der Waals surface area contributed by atoms with E-state index in [-0.39, 0.29) is 4.75 Å². The lowest BCUT2D eigenvalue weighted by Crippen LogP contribution is -2.50. The lowest BCUT2D eigenvalue weighted by Gasteiger charge is -2.37. The SMILES string of the molecule is CC1(C)CN(c2cnccn2)CC[S@@]1=O. The summed E-state index contributed by atoms with van der Waals surface area (Å²) in [6.45, 7) is 5.64. The molecule has 0 aliphatic carbocycles. The molecule has 0 aromatic carbocycles. The molecular weight excluding hydrogens is 210 g/mol. The first-order chi connectivity index (χ1) is 7.09. The van der Waals surface area contributed by atoms with E-state index in [2.05, 4.69) is 14.9 Å². The lowest BCUT2D eigenvalue weighted by molar-refractivity contribution is 0.586. The predicted octanol–water partition coefficient (Wildman–Crippen LogP) is 0.824. The molecule has 5 heteroatoms. The summed E-state index contributed by atoms with van der Waals surface area (Å²) < 4.78 is 11.6. The van der Waals surface area contributed by atoms with Crippen LogP contribution in [0.5, 0.6) is 0 Å². The van der Waals surface area contributed by atoms with Crippen LogP contribution in [-0.4, -0.2) is 37.8 Å². The largest absolute Gasteiger partial charge is 0.353 e. The van der Waals surface area contributed by atoms with Crippen LogP contribution in [0.15, 0.2) is 18.6 Å². The monoisotopic (exact) mass is 225 g/mol. The van der Waals surface area contributed by atoms with Crippen LogP contribution in [0.25, 0.3) is 0 Å². The molecule has 4 nitrogen and oxygen atoms in total. The molecule has 15 heavy (non-hydrogen) atoms. The maximum absolute atomic E-state index is 11.7. The van der Waals surface area contributed by atoms with Crippen LogP contribution in [0.2, 0.25) is 0 Å². The van der Waals surface area contributed by atoms with E-state index in [1.54, 1.807) is 18.6 Å². The van der Waals surface area contributed by atoms with Crippen molar-refractivity contribution in [2.24, 2.45) is 0 Å². The van der Waals surface area contributed by atoms with Gasteiger partial charge in [0.1, 0.15) is 5.82 Å². The van der Waals surface area contributed by atoms with Gasteiger partial charge in [0.2, 0.25) is 0 Å². The van der Waals surface area contributed by atoms with Crippen LogP contribution >= 0.6 is 0 Å². The standard InChI is InChI=1S/C10H15N3OS/c1-10(2)8-13(5-6-15(10)14)9-7-11-3-4-12-9/h3-4,7H,5-6,8H2,1-2H3/t15-/m0/s1. The molecule has 1 aromatic rings. The first kappa shape index (κ1) is 10.5. The van der Waals surface area contributed by atoms with Gasteiger partial charge in [0.25, 0.3) is 0 Å². The second-order valence-electron chi connectivity index (χ2n) is 4.29. The molecule has 1 aromatic heterocycles. The van der Waals surface area contributed by atoms with E-state index < -0.39 is 10.8 Å². The van der Waals surface area contributed by atoms with Crippen molar-refractivity contribution in [1.29, 1.82) is 0 Å². The molecular formula is C10H15N3OS. The highest BCUT2D eigenvalue weighted by molar-refractivity contribution is 7.86. The Kier molecular flexibility index (Phi) is 2.73. The van der Waals surface area contributed by atoms with Gasteiger partial charge < -0.3 is 4.90 Å². The van der Waals surface area contributed by atoms with E-state index >= 15 is 0 Å². The van der Waals surface area contributed by atoms with Gasteiger partial charge in [-0.2, -0.15) is 0 Å². The Hall–Kier alpha value is -0.970. The van der Waals surface area contributed by atoms with Gasteiger partial charge in [0.05, 0.1) is 10.9 Å². The van der Waals surface area contributed by atoms with Crippen LogP contribution in [0, 0.1) is 0 Å². The van der Waals surface area contributed by atoms with Gasteiger partial charge >= 0.3 is 0 Å². The molecule has 2 heterocycles. The van der Waals surface area contributed by atoms with Crippen molar-refractivity contribution in [3.63, 3.8) is 0 Å². The number of aromatic nitrogens is 2. The Labute approximate surface area is 92.2 Å². The zero-order valence-corrected chi connectivity index (χ0v) is 9.83. The van der Waals surface area contributed by atoms with Crippen molar-refractivity contribution in [2.75, 3.05) is 23.7 Å². The summed E-state index contributed by atoms with van der Waals surface area (Å²) in [6, 6.07) is 0. The molecule has 0 saturated carbocycles. The van der Waals surface area contributed by atoms with Crippen molar-refractivity contribution < 1.29 is 4.21 Å². The fourth-order valence-corrected chi connectivity index (χ4v) is 2.97. The zero-order chi connectivity index (χ0) is 10.9. The highest BCUT2D eigenvalue weighted by Crippen LogP contribution is 2.23. The Bertz CT molecular complexity index is 366. The average Bonchev–Trinajstić information content (AvgIpc) is 2.23. The van der Waals surface area contributed by atoms with Gasteiger partial charge in [-0.1, -0.05) is 0 Å². The van der Waals surface area contributed by atoms with E-state index in [0.717, 1.165) is 18.9 Å². The van der Waals surface area contributed by atoms with E-state index in [4.69, 9.17) is 0 Å². The molecule has 0 N–H and O–H groups in total. The summed E-state index contributed by atoms with van der Waals surface area (Å²) in [5.41, 5.74) is 0. The second kappa shape index (κ2) is 3.89. The molecule has 1 aliphatic rings. The molecule has 1 atom stereocenters. The summed E-state index contributed by atoms with van der Waals surface area (Å²) in [7, 11) is -0.735. The molecule has 0 bridgehead atoms. The fourth-order valence-electron chi connectivity index (χ4n) is 1.73. The smallest absolute Gasteiger partial charge is 0.147 e. The predicted molar refractivity (Wildman–Crippen MR) is 61.3 cm³/mol. The highest BCUT2D eigenvalue weighted by atomic mass is 32.2. The highest BCUT2D eigenvalue weighted by Gasteiger charge is 2.33. The average molecular weight is 225 g/mol. The number of rotatable bonds is 1. The van der Waals surface area contributed by atoms with Crippen LogP contribution in [0.4, 0.5) is 5.82 Å². The fraction of sp³-hybridized carbons (Fsp3) is 0.600. The zero-order valence-electron chi connectivity index (χ0n) is 9.01. The first-order valence-corrected chi connectivity index (χ1v) is 6.31. The summed E-state index contributed by atoms with van der Waals surface area (Å²) in [5, 5.41) is 0. The van der Waals surface area contributed by atoms with Crippen molar-refractivity contribution in [1.82, 2.24) is 9.97 Å². The van der Waals surface area contributed by atoms with E-state index in [1.165, 1.54) is 0 Å². The minimum Gasteiger partial charge on any atom is -0.353 e. The second-order valence-corrected chi connectivity index (χ2v) is 6.50. The maximum atomic E-state index is 11.7. The van der Waals surface area contributed by atoms with Gasteiger partial charge in [0, 0.05) is 42.0 Å². The minimum absolute atomic E-state index is 0.157. The normalized spacial score (nSPS) is 25.2. The van der Waals surface area contributed by atoms with Crippen LogP contribution < -0.4 is 4.90 Å². The van der Waals surface area contributed by atoms with Crippen LogP contribution in [0.1, 0.15) is 13.8 Å². The Morgan fingerprint density at radius 3 is 2.87 bits per heavy atom. The molecule has 0 radical (unpaired) electrons. The number of hydrogen-bond acceptors (Lipinski definition) is 4. The summed E-state index contributed by atoms with van der Waals surface area (Å²) >= 11 is 0. The summed E-state index contributed by atoms with van der Waals surface area (Å²) in [4.78, 5) is 10.5. The minimum atomic E-state index is -0.735. The summed E-state index contributed by atoms with van der Waals surface area (Å²) in [5.74, 6) is 1.59.